The van der Waals surface area contributed by atoms with Crippen LogP contribution in [-0.4, -0.2) is 12.3 Å². The Labute approximate surface area is 79.9 Å². The van der Waals surface area contributed by atoms with Crippen molar-refractivity contribution in [1.29, 1.82) is 5.41 Å². The summed E-state index contributed by atoms with van der Waals surface area (Å²) < 4.78 is 0. The fourth-order valence-electron chi connectivity index (χ4n) is 1.74. The van der Waals surface area contributed by atoms with Crippen LogP contribution in [0.2, 0.25) is 0 Å². The first kappa shape index (κ1) is 10.1. The summed E-state index contributed by atoms with van der Waals surface area (Å²) in [5.41, 5.74) is 7.10. The van der Waals surface area contributed by atoms with Gasteiger partial charge >= 0.3 is 0 Å². The second kappa shape index (κ2) is 4.90. The highest BCUT2D eigenvalue weighted by molar-refractivity contribution is 5.75. The quantitative estimate of drug-likeness (QED) is 0.581. The highest BCUT2D eigenvalue weighted by Gasteiger charge is 2.12. The number of hydrogen-bond acceptors (Lipinski definition) is 3. The van der Waals surface area contributed by atoms with E-state index in [0.29, 0.717) is 11.7 Å². The molecule has 0 aromatic carbocycles. The summed E-state index contributed by atoms with van der Waals surface area (Å²) in [4.78, 5) is 0. The van der Waals surface area contributed by atoms with Crippen LogP contribution in [0.15, 0.2) is 11.4 Å². The van der Waals surface area contributed by atoms with Gasteiger partial charge in [-0.05, 0) is 19.8 Å². The molecule has 0 atom stereocenters. The highest BCUT2D eigenvalue weighted by atomic mass is 14.9. The third kappa shape index (κ3) is 3.09. The van der Waals surface area contributed by atoms with Gasteiger partial charge in [-0.15, -0.1) is 0 Å². The van der Waals surface area contributed by atoms with Crippen LogP contribution in [0, 0.1) is 5.41 Å². The summed E-state index contributed by atoms with van der Waals surface area (Å²) >= 11 is 0. The zero-order chi connectivity index (χ0) is 9.68. The molecule has 3 nitrogen and oxygen atoms in total. The summed E-state index contributed by atoms with van der Waals surface area (Å²) in [6.07, 6.45) is 7.67. The molecule has 1 rings (SSSR count). The van der Waals surface area contributed by atoms with E-state index >= 15 is 0 Å². The minimum absolute atomic E-state index is 0.547. The van der Waals surface area contributed by atoms with Gasteiger partial charge in [0.15, 0.2) is 0 Å². The van der Waals surface area contributed by atoms with E-state index in [1.54, 1.807) is 0 Å². The predicted molar refractivity (Wildman–Crippen MR) is 55.7 cm³/mol. The number of allylic oxidation sites excluding steroid dienone is 2. The molecule has 0 aromatic heterocycles. The molecule has 4 N–H and O–H groups in total. The molecular weight excluding hydrogens is 162 g/mol. The molecule has 3 heteroatoms. The lowest BCUT2D eigenvalue weighted by Crippen LogP contribution is -2.31. The Hall–Kier alpha value is -0.990. The Kier molecular flexibility index (Phi) is 3.80. The first-order chi connectivity index (χ1) is 6.24. The fourth-order valence-corrected chi connectivity index (χ4v) is 1.74. The van der Waals surface area contributed by atoms with Gasteiger partial charge in [0.1, 0.15) is 0 Å². The average molecular weight is 181 g/mol. The molecule has 0 aliphatic heterocycles. The van der Waals surface area contributed by atoms with Crippen molar-refractivity contribution < 1.29 is 0 Å². The molecule has 0 heterocycles. The molecule has 1 aliphatic rings. The van der Waals surface area contributed by atoms with Gasteiger partial charge in [-0.25, -0.2) is 0 Å². The molecule has 1 saturated carbocycles. The monoisotopic (exact) mass is 181 g/mol. The van der Waals surface area contributed by atoms with Crippen LogP contribution in [0.5, 0.6) is 0 Å². The molecule has 0 spiro atoms. The maximum atomic E-state index is 7.01. The van der Waals surface area contributed by atoms with E-state index in [9.17, 15) is 0 Å². The van der Waals surface area contributed by atoms with E-state index in [2.05, 4.69) is 5.32 Å². The fraction of sp³-hybridized carbons (Fsp3) is 0.700. The van der Waals surface area contributed by atoms with Crippen molar-refractivity contribution in [3.8, 4) is 0 Å². The predicted octanol–water partition coefficient (Wildman–Crippen LogP) is 1.75. The van der Waals surface area contributed by atoms with Crippen LogP contribution in [0.4, 0.5) is 0 Å². The molecule has 0 unspecified atom stereocenters. The normalized spacial score (nSPS) is 20.7. The first-order valence-corrected chi connectivity index (χ1v) is 4.97. The van der Waals surface area contributed by atoms with Crippen LogP contribution >= 0.6 is 0 Å². The van der Waals surface area contributed by atoms with Gasteiger partial charge in [0.05, 0.1) is 5.70 Å². The van der Waals surface area contributed by atoms with E-state index in [-0.39, 0.29) is 0 Å². The van der Waals surface area contributed by atoms with E-state index < -0.39 is 0 Å². The summed E-state index contributed by atoms with van der Waals surface area (Å²) in [6.45, 7) is 1.94. The van der Waals surface area contributed by atoms with E-state index in [1.807, 2.05) is 6.92 Å². The second-order valence-electron chi connectivity index (χ2n) is 3.70. The van der Waals surface area contributed by atoms with Crippen molar-refractivity contribution in [2.45, 2.75) is 45.1 Å². The number of hydrogen-bond donors (Lipinski definition) is 3. The lowest BCUT2D eigenvalue weighted by molar-refractivity contribution is 0.396. The Bertz CT molecular complexity index is 202. The molecule has 74 valence electrons. The van der Waals surface area contributed by atoms with Crippen molar-refractivity contribution in [2.75, 3.05) is 0 Å². The van der Waals surface area contributed by atoms with Crippen molar-refractivity contribution in [3.05, 3.63) is 11.4 Å². The molecule has 0 amide bonds. The molecule has 13 heavy (non-hydrogen) atoms. The Morgan fingerprint density at radius 3 is 2.54 bits per heavy atom. The van der Waals surface area contributed by atoms with Crippen LogP contribution in [0.3, 0.4) is 0 Å². The van der Waals surface area contributed by atoms with Crippen molar-refractivity contribution in [3.63, 3.8) is 0 Å². The van der Waals surface area contributed by atoms with Gasteiger partial charge in [-0.1, -0.05) is 19.3 Å². The largest absolute Gasteiger partial charge is 0.396 e. The summed E-state index contributed by atoms with van der Waals surface area (Å²) in [5, 5.41) is 10.4. The van der Waals surface area contributed by atoms with Gasteiger partial charge in [0.2, 0.25) is 0 Å². The molecule has 0 aromatic rings. The van der Waals surface area contributed by atoms with Crippen molar-refractivity contribution in [1.82, 2.24) is 5.32 Å². The topological polar surface area (TPSA) is 61.9 Å². The molecule has 1 aliphatic carbocycles. The first-order valence-electron chi connectivity index (χ1n) is 4.97. The van der Waals surface area contributed by atoms with Crippen molar-refractivity contribution in [2.24, 2.45) is 5.73 Å². The minimum atomic E-state index is 0.547. The van der Waals surface area contributed by atoms with Crippen LogP contribution < -0.4 is 11.1 Å². The van der Waals surface area contributed by atoms with Crippen LogP contribution in [-0.2, 0) is 0 Å². The molecule has 0 saturated heterocycles. The second-order valence-corrected chi connectivity index (χ2v) is 3.70. The van der Waals surface area contributed by atoms with Crippen LogP contribution in [0.25, 0.3) is 0 Å². The molecule has 0 bridgehead atoms. The third-order valence-corrected chi connectivity index (χ3v) is 2.61. The van der Waals surface area contributed by atoms with Gasteiger partial charge in [0, 0.05) is 18.0 Å². The summed E-state index contributed by atoms with van der Waals surface area (Å²) in [5.74, 6) is 0. The zero-order valence-electron chi connectivity index (χ0n) is 8.27. The molecule has 0 radical (unpaired) electrons. The standard InChI is InChI=1S/C10H19N3/c1-8(10(12)7-11)13-9-5-3-2-4-6-9/h7,9,11,13H,2-6,12H2,1H3/b10-8+,11-7?. The summed E-state index contributed by atoms with van der Waals surface area (Å²) in [7, 11) is 0. The lowest BCUT2D eigenvalue weighted by Gasteiger charge is -2.24. The lowest BCUT2D eigenvalue weighted by atomic mass is 9.95. The van der Waals surface area contributed by atoms with Gasteiger partial charge in [0.25, 0.3) is 0 Å². The summed E-state index contributed by atoms with van der Waals surface area (Å²) in [6, 6.07) is 0.576. The van der Waals surface area contributed by atoms with E-state index in [4.69, 9.17) is 11.1 Å². The number of nitrogens with two attached hydrogens (primary N) is 1. The Balaban J connectivity index is 2.42. The third-order valence-electron chi connectivity index (χ3n) is 2.61. The van der Waals surface area contributed by atoms with Crippen molar-refractivity contribution >= 4 is 6.21 Å². The maximum Gasteiger partial charge on any atom is 0.0682 e. The van der Waals surface area contributed by atoms with Gasteiger partial charge in [-0.3, -0.25) is 0 Å². The Morgan fingerprint density at radius 1 is 1.38 bits per heavy atom. The molecular formula is C10H19N3. The smallest absolute Gasteiger partial charge is 0.0682 e. The van der Waals surface area contributed by atoms with E-state index in [0.717, 1.165) is 5.70 Å². The molecule has 1 fully saturated rings. The van der Waals surface area contributed by atoms with Gasteiger partial charge < -0.3 is 16.5 Å². The SMILES string of the molecule is C/C(NC1CCCCC1)=C(\N)C=N. The van der Waals surface area contributed by atoms with E-state index in [1.165, 1.54) is 38.3 Å². The van der Waals surface area contributed by atoms with Crippen LogP contribution in [0.1, 0.15) is 39.0 Å². The number of nitrogens with one attached hydrogen (secondary N) is 2. The zero-order valence-corrected chi connectivity index (χ0v) is 8.27. The van der Waals surface area contributed by atoms with Gasteiger partial charge in [-0.2, -0.15) is 0 Å². The number of rotatable bonds is 3. The minimum Gasteiger partial charge on any atom is -0.396 e. The maximum absolute atomic E-state index is 7.01. The Morgan fingerprint density at radius 2 is 2.00 bits per heavy atom. The highest BCUT2D eigenvalue weighted by Crippen LogP contribution is 2.18. The average Bonchev–Trinajstić information content (AvgIpc) is 2.18.